The van der Waals surface area contributed by atoms with Crippen molar-refractivity contribution in [2.24, 2.45) is 16.5 Å². The number of hydrogen-bond donors (Lipinski definition) is 2. The molecule has 1 unspecified atom stereocenters. The summed E-state index contributed by atoms with van der Waals surface area (Å²) in [6, 6.07) is 0. The summed E-state index contributed by atoms with van der Waals surface area (Å²) in [5.41, 5.74) is 10.0. The normalized spacial score (nSPS) is 11.4. The summed E-state index contributed by atoms with van der Waals surface area (Å²) in [4.78, 5) is 14.3. The lowest BCUT2D eigenvalue weighted by molar-refractivity contribution is -0.148. The van der Waals surface area contributed by atoms with Crippen LogP contribution in [0, 0.1) is 0 Å². The minimum absolute atomic E-state index is 0.247. The van der Waals surface area contributed by atoms with Crippen LogP contribution < -0.4 is 11.5 Å². The second-order valence-electron chi connectivity index (χ2n) is 1.75. The zero-order valence-electron chi connectivity index (χ0n) is 6.69. The number of methoxy groups -OCH3 is 1. The molecule has 1 atom stereocenters. The number of rotatable bonds is 4. The highest BCUT2D eigenvalue weighted by atomic mass is 16.6. The van der Waals surface area contributed by atoms with Crippen LogP contribution in [0.3, 0.4) is 0 Å². The summed E-state index contributed by atoms with van der Waals surface area (Å²) in [5, 5.41) is 0. The van der Waals surface area contributed by atoms with E-state index < -0.39 is 12.2 Å². The lowest BCUT2D eigenvalue weighted by Crippen LogP contribution is -2.30. The first-order valence-corrected chi connectivity index (χ1v) is 3.04. The van der Waals surface area contributed by atoms with E-state index in [0.717, 1.165) is 6.26 Å². The first kappa shape index (κ1) is 10.4. The van der Waals surface area contributed by atoms with E-state index in [4.69, 9.17) is 11.5 Å². The van der Waals surface area contributed by atoms with Crippen molar-refractivity contribution in [3.05, 3.63) is 12.8 Å². The molecule has 0 fully saturated rings. The van der Waals surface area contributed by atoms with Crippen molar-refractivity contribution in [2.75, 3.05) is 7.11 Å². The Hall–Kier alpha value is -1.56. The van der Waals surface area contributed by atoms with Gasteiger partial charge in [0.1, 0.15) is 0 Å². The summed E-state index contributed by atoms with van der Waals surface area (Å²) < 4.78 is 8.98. The van der Waals surface area contributed by atoms with Crippen molar-refractivity contribution in [3.8, 4) is 0 Å². The predicted molar refractivity (Wildman–Crippen MR) is 42.9 cm³/mol. The molecule has 0 amide bonds. The van der Waals surface area contributed by atoms with Gasteiger partial charge in [-0.2, -0.15) is 0 Å². The standard InChI is InChI=1S/C6H11N3O3/c1-3-12-5(10)4(11-2)9-6(7)8/h3-4H,1H2,2H3,(H4,7,8,9). The van der Waals surface area contributed by atoms with Crippen LogP contribution in [0.5, 0.6) is 0 Å². The van der Waals surface area contributed by atoms with E-state index in [0.29, 0.717) is 0 Å². The predicted octanol–water partition coefficient (Wildman–Crippen LogP) is -1.08. The molecule has 0 aromatic rings. The molecule has 0 aliphatic heterocycles. The van der Waals surface area contributed by atoms with E-state index >= 15 is 0 Å². The molecule has 0 radical (unpaired) electrons. The molecule has 12 heavy (non-hydrogen) atoms. The summed E-state index contributed by atoms with van der Waals surface area (Å²) in [7, 11) is 1.28. The number of ether oxygens (including phenoxy) is 2. The molecule has 0 aromatic carbocycles. The van der Waals surface area contributed by atoms with E-state index in [1.54, 1.807) is 0 Å². The van der Waals surface area contributed by atoms with Gasteiger partial charge in [0, 0.05) is 7.11 Å². The molecule has 0 spiro atoms. The van der Waals surface area contributed by atoms with E-state index in [1.165, 1.54) is 7.11 Å². The van der Waals surface area contributed by atoms with E-state index in [1.807, 2.05) is 0 Å². The fourth-order valence-electron chi connectivity index (χ4n) is 0.477. The SMILES string of the molecule is C=COC(=O)C(N=C(N)N)OC. The third-order valence-corrected chi connectivity index (χ3v) is 0.891. The van der Waals surface area contributed by atoms with Crippen molar-refractivity contribution < 1.29 is 14.3 Å². The van der Waals surface area contributed by atoms with Crippen molar-refractivity contribution in [2.45, 2.75) is 6.23 Å². The molecular formula is C6H11N3O3. The Morgan fingerprint density at radius 2 is 2.25 bits per heavy atom. The second-order valence-corrected chi connectivity index (χ2v) is 1.75. The molecule has 68 valence electrons. The number of carbonyl (C=O) groups is 1. The van der Waals surface area contributed by atoms with Crippen molar-refractivity contribution >= 4 is 11.9 Å². The van der Waals surface area contributed by atoms with Crippen LogP contribution in [0.25, 0.3) is 0 Å². The van der Waals surface area contributed by atoms with Gasteiger partial charge in [0.2, 0.25) is 0 Å². The molecule has 6 heteroatoms. The minimum Gasteiger partial charge on any atom is -0.432 e. The zero-order chi connectivity index (χ0) is 9.56. The zero-order valence-corrected chi connectivity index (χ0v) is 6.69. The maximum absolute atomic E-state index is 10.9. The Morgan fingerprint density at radius 3 is 2.58 bits per heavy atom. The van der Waals surface area contributed by atoms with Gasteiger partial charge in [0.05, 0.1) is 6.26 Å². The maximum atomic E-state index is 10.9. The van der Waals surface area contributed by atoms with Crippen molar-refractivity contribution in [3.63, 3.8) is 0 Å². The molecule has 0 saturated heterocycles. The molecule has 4 N–H and O–H groups in total. The fraction of sp³-hybridized carbons (Fsp3) is 0.333. The Morgan fingerprint density at radius 1 is 1.67 bits per heavy atom. The molecule has 0 bridgehead atoms. The molecular weight excluding hydrogens is 162 g/mol. The third-order valence-electron chi connectivity index (χ3n) is 0.891. The van der Waals surface area contributed by atoms with Gasteiger partial charge in [-0.1, -0.05) is 6.58 Å². The number of esters is 1. The van der Waals surface area contributed by atoms with Gasteiger partial charge in [-0.15, -0.1) is 0 Å². The first-order chi connectivity index (χ1) is 5.61. The van der Waals surface area contributed by atoms with Crippen LogP contribution >= 0.6 is 0 Å². The number of hydrogen-bond acceptors (Lipinski definition) is 4. The smallest absolute Gasteiger partial charge is 0.363 e. The monoisotopic (exact) mass is 173 g/mol. The summed E-state index contributed by atoms with van der Waals surface area (Å²) in [6.07, 6.45) is -0.163. The number of carbonyl (C=O) groups excluding carboxylic acids is 1. The highest BCUT2D eigenvalue weighted by Crippen LogP contribution is 1.95. The molecule has 6 nitrogen and oxygen atoms in total. The third kappa shape index (κ3) is 3.57. The molecule has 0 aromatic heterocycles. The number of aliphatic imine (C=N–C) groups is 1. The molecule has 0 aliphatic carbocycles. The molecule has 0 heterocycles. The van der Waals surface area contributed by atoms with E-state index in [2.05, 4.69) is 21.0 Å². The van der Waals surface area contributed by atoms with Crippen LogP contribution in [0.4, 0.5) is 0 Å². The van der Waals surface area contributed by atoms with Gasteiger partial charge >= 0.3 is 5.97 Å². The Balaban J connectivity index is 4.24. The minimum atomic E-state index is -1.13. The largest absolute Gasteiger partial charge is 0.432 e. The lowest BCUT2D eigenvalue weighted by Gasteiger charge is -2.07. The van der Waals surface area contributed by atoms with Gasteiger partial charge in [-0.05, 0) is 0 Å². The van der Waals surface area contributed by atoms with Crippen LogP contribution in [0.2, 0.25) is 0 Å². The summed E-state index contributed by atoms with van der Waals surface area (Å²) in [5.74, 6) is -0.969. The Labute approximate surface area is 69.8 Å². The van der Waals surface area contributed by atoms with Gasteiger partial charge in [-0.3, -0.25) is 0 Å². The summed E-state index contributed by atoms with van der Waals surface area (Å²) in [6.45, 7) is 3.19. The quantitative estimate of drug-likeness (QED) is 0.244. The highest BCUT2D eigenvalue weighted by molar-refractivity contribution is 5.81. The summed E-state index contributed by atoms with van der Waals surface area (Å²) >= 11 is 0. The molecule has 0 rings (SSSR count). The van der Waals surface area contributed by atoms with E-state index in [-0.39, 0.29) is 5.96 Å². The lowest BCUT2D eigenvalue weighted by atomic mass is 10.6. The van der Waals surface area contributed by atoms with Crippen LogP contribution in [-0.4, -0.2) is 25.3 Å². The molecule has 0 saturated carbocycles. The van der Waals surface area contributed by atoms with Gasteiger partial charge in [0.15, 0.2) is 5.96 Å². The van der Waals surface area contributed by atoms with E-state index in [9.17, 15) is 4.79 Å². The molecule has 0 aliphatic rings. The maximum Gasteiger partial charge on any atom is 0.363 e. The van der Waals surface area contributed by atoms with Crippen LogP contribution in [0.1, 0.15) is 0 Å². The van der Waals surface area contributed by atoms with Gasteiger partial charge in [0.25, 0.3) is 6.23 Å². The Bertz CT molecular complexity index is 198. The Kier molecular flexibility index (Phi) is 4.47. The van der Waals surface area contributed by atoms with Crippen LogP contribution in [-0.2, 0) is 14.3 Å². The number of nitrogens with zero attached hydrogens (tertiary/aromatic N) is 1. The van der Waals surface area contributed by atoms with Crippen molar-refractivity contribution in [1.82, 2.24) is 0 Å². The average Bonchev–Trinajstić information content (AvgIpc) is 2.00. The fourth-order valence-corrected chi connectivity index (χ4v) is 0.477. The highest BCUT2D eigenvalue weighted by Gasteiger charge is 2.17. The van der Waals surface area contributed by atoms with Crippen molar-refractivity contribution in [1.29, 1.82) is 0 Å². The first-order valence-electron chi connectivity index (χ1n) is 3.04. The van der Waals surface area contributed by atoms with Gasteiger partial charge in [-0.25, -0.2) is 9.79 Å². The second kappa shape index (κ2) is 5.14. The number of guanidine groups is 1. The average molecular weight is 173 g/mol. The van der Waals surface area contributed by atoms with Crippen LogP contribution in [0.15, 0.2) is 17.8 Å². The topological polar surface area (TPSA) is 99.9 Å². The van der Waals surface area contributed by atoms with Gasteiger partial charge < -0.3 is 20.9 Å². The number of nitrogens with two attached hydrogens (primary N) is 2.